The fraction of sp³-hybridized carbons (Fsp3) is 0.618. The summed E-state index contributed by atoms with van der Waals surface area (Å²) in [6, 6.07) is 7.86. The molecule has 9 N–H and O–H groups in total. The molecule has 95 heavy (non-hydrogen) atoms. The molecule has 0 aliphatic carbocycles. The van der Waals surface area contributed by atoms with E-state index < -0.39 is 126 Å². The number of benzene rings is 2. The van der Waals surface area contributed by atoms with Crippen LogP contribution in [0.5, 0.6) is 0 Å². The topological polar surface area (TPSA) is 364 Å². The van der Waals surface area contributed by atoms with Crippen LogP contribution in [0.4, 0.5) is 15.3 Å². The number of unbranched alkanes of at least 4 members (excludes halogenated alkanes) is 2. The van der Waals surface area contributed by atoms with Gasteiger partial charge in [-0.25, -0.2) is 14.4 Å². The van der Waals surface area contributed by atoms with Crippen LogP contribution in [0.2, 0.25) is 0 Å². The first-order valence-electron chi connectivity index (χ1n) is 32.9. The van der Waals surface area contributed by atoms with Crippen molar-refractivity contribution in [2.75, 3.05) is 53.3 Å². The van der Waals surface area contributed by atoms with Crippen LogP contribution in [0, 0.1) is 29.6 Å². The Morgan fingerprint density at radius 2 is 1.33 bits per heavy atom. The van der Waals surface area contributed by atoms with Crippen LogP contribution < -0.4 is 37.6 Å². The molecule has 2 aliphatic rings. The molecule has 1 saturated heterocycles. The predicted octanol–water partition coefficient (Wildman–Crippen LogP) is 4.65. The first-order chi connectivity index (χ1) is 44.9. The molecule has 2 heterocycles. The van der Waals surface area contributed by atoms with Crippen molar-refractivity contribution in [3.8, 4) is 0 Å². The Morgan fingerprint density at radius 3 is 1.89 bits per heavy atom. The summed E-state index contributed by atoms with van der Waals surface area (Å²) in [5, 5.41) is 26.4. The Hall–Kier alpha value is -8.46. The van der Waals surface area contributed by atoms with Crippen LogP contribution in [0.3, 0.4) is 0 Å². The number of carbonyl (C=O) groups excluding carboxylic acids is 11. The van der Waals surface area contributed by atoms with E-state index in [0.717, 1.165) is 15.4 Å². The second kappa shape index (κ2) is 38.8. The third-order valence-electron chi connectivity index (χ3n) is 17.6. The number of urea groups is 1. The van der Waals surface area contributed by atoms with Crippen LogP contribution in [0.15, 0.2) is 66.7 Å². The van der Waals surface area contributed by atoms with Gasteiger partial charge in [-0.3, -0.25) is 53.0 Å². The molecule has 1 unspecified atom stereocenters. The number of carbonyl (C=O) groups is 12. The molecule has 0 aromatic heterocycles. The van der Waals surface area contributed by atoms with Gasteiger partial charge in [0.1, 0.15) is 36.8 Å². The van der Waals surface area contributed by atoms with Gasteiger partial charge in [-0.05, 0) is 85.5 Å². The zero-order chi connectivity index (χ0) is 70.8. The van der Waals surface area contributed by atoms with Crippen LogP contribution in [0.1, 0.15) is 138 Å². The minimum Gasteiger partial charge on any atom is -0.480 e. The van der Waals surface area contributed by atoms with Gasteiger partial charge in [-0.1, -0.05) is 118 Å². The zero-order valence-corrected chi connectivity index (χ0v) is 57.5. The molecular weight excluding hydrogens is 1230 g/mol. The minimum atomic E-state index is -1.19. The lowest BCUT2D eigenvalue weighted by Gasteiger charge is -2.41. The van der Waals surface area contributed by atoms with Crippen molar-refractivity contribution in [1.82, 2.24) is 46.2 Å². The number of likely N-dealkylation sites (tertiary alicyclic amines) is 1. The van der Waals surface area contributed by atoms with Crippen LogP contribution >= 0.6 is 0 Å². The Labute approximate surface area is 558 Å². The molecule has 27 nitrogen and oxygen atoms in total. The van der Waals surface area contributed by atoms with Gasteiger partial charge in [0.05, 0.1) is 36.6 Å². The fourth-order valence-electron chi connectivity index (χ4n) is 12.0. The third-order valence-corrected chi connectivity index (χ3v) is 17.6. The number of amides is 12. The van der Waals surface area contributed by atoms with Crippen molar-refractivity contribution in [2.45, 2.75) is 194 Å². The van der Waals surface area contributed by atoms with E-state index in [-0.39, 0.29) is 81.4 Å². The van der Waals surface area contributed by atoms with Crippen LogP contribution in [-0.2, 0) is 75.2 Å². The smallest absolute Gasteiger partial charge is 0.410 e. The van der Waals surface area contributed by atoms with Crippen LogP contribution in [-0.4, -0.2) is 198 Å². The van der Waals surface area contributed by atoms with Crippen molar-refractivity contribution in [3.63, 3.8) is 0 Å². The van der Waals surface area contributed by atoms with Gasteiger partial charge in [-0.15, -0.1) is 0 Å². The summed E-state index contributed by atoms with van der Waals surface area (Å²) in [6.07, 6.45) is 3.58. The SMILES string of the molecule is CC[C@@H](C)[C@@H]([C@@H](CC(=O)N1CCC[C@H]1[C@H](OC)[C@@H](C)C(=O)N[C@@H](Cc1ccccc1)C(=O)O)OC)N(C)C(=O)[C@@H](NC(=O)C(C(C)C)N(C)C(=O)OCc1ccc(NC(=O)[C@H](CCCNC(N)=O)NC(=O)[C@@H](NC(=O)CCCCCN2C(=O)C=CC2=O)C(C)C)cc1)C(C)C. The van der Waals surface area contributed by atoms with E-state index in [1.54, 1.807) is 109 Å². The van der Waals surface area contributed by atoms with Crippen molar-refractivity contribution in [2.24, 2.45) is 35.3 Å². The van der Waals surface area contributed by atoms with Gasteiger partial charge in [-0.2, -0.15) is 0 Å². The number of carboxylic acids is 1. The first-order valence-corrected chi connectivity index (χ1v) is 32.9. The molecule has 2 aliphatic heterocycles. The summed E-state index contributed by atoms with van der Waals surface area (Å²) >= 11 is 0. The highest BCUT2D eigenvalue weighted by molar-refractivity contribution is 6.12. The average molecular weight is 1330 g/mol. The molecular formula is C68H103N11O16. The number of hydrogen-bond donors (Lipinski definition) is 8. The van der Waals surface area contributed by atoms with E-state index in [1.807, 2.05) is 19.9 Å². The number of methoxy groups -OCH3 is 2. The van der Waals surface area contributed by atoms with Crippen molar-refractivity contribution < 1.29 is 76.9 Å². The predicted molar refractivity (Wildman–Crippen MR) is 354 cm³/mol. The lowest BCUT2D eigenvalue weighted by atomic mass is 9.89. The Bertz CT molecular complexity index is 2950. The molecule has 27 heteroatoms. The highest BCUT2D eigenvalue weighted by atomic mass is 16.6. The maximum absolute atomic E-state index is 14.8. The molecule has 12 amide bonds. The minimum absolute atomic E-state index is 0.0752. The molecule has 2 aromatic carbocycles. The highest BCUT2D eigenvalue weighted by Gasteiger charge is 2.44. The van der Waals surface area contributed by atoms with Gasteiger partial charge < -0.3 is 66.8 Å². The largest absolute Gasteiger partial charge is 0.480 e. The number of primary amides is 1. The molecule has 526 valence electrons. The Balaban J connectivity index is 1.38. The molecule has 0 bridgehead atoms. The van der Waals surface area contributed by atoms with Gasteiger partial charge in [0.2, 0.25) is 41.4 Å². The standard InChI is InChI=1S/C68H103N11O16/c1-14-43(8)59(51(93-12)38-55(83)78-36-22-26-50(78)60(94-13)44(9)61(84)73-49(66(89)90)37-45-23-17-15-18-24-45)76(10)65(88)57(41(4)5)75-64(87)58(42(6)7)77(11)68(92)95-39-46-28-30-47(31-29-46)71-62(85)48(25-21-34-70-67(69)91)72-63(86)56(40(2)3)74-52(80)27-19-16-20-35-79-53(81)32-33-54(79)82/h15,17-18,23-24,28-33,40-44,48-51,56-60H,14,16,19-22,25-27,34-39H2,1-13H3,(H,71,85)(H,72,86)(H,73,84)(H,74,80)(H,75,87)(H,89,90)(H3,69,70,91)/t43-,44-,48+,49+,50+,51-,56+,57+,58?,59+,60-/m1/s1. The number of ether oxygens (including phenoxy) is 3. The average Bonchev–Trinajstić information content (AvgIpc) is 1.81. The van der Waals surface area contributed by atoms with E-state index in [0.29, 0.717) is 56.3 Å². The normalized spacial score (nSPS) is 16.9. The number of anilines is 1. The lowest BCUT2D eigenvalue weighted by molar-refractivity contribution is -0.148. The molecule has 0 saturated carbocycles. The Morgan fingerprint density at radius 1 is 0.695 bits per heavy atom. The number of aliphatic carboxylic acids is 1. The zero-order valence-electron chi connectivity index (χ0n) is 57.5. The maximum Gasteiger partial charge on any atom is 0.410 e. The number of rotatable bonds is 39. The van der Waals surface area contributed by atoms with E-state index in [2.05, 4.69) is 31.9 Å². The van der Waals surface area contributed by atoms with Crippen molar-refractivity contribution in [1.29, 1.82) is 0 Å². The Kier molecular flexibility index (Phi) is 32.2. The second-order valence-corrected chi connectivity index (χ2v) is 25.7. The highest BCUT2D eigenvalue weighted by Crippen LogP contribution is 2.30. The number of hydrogen-bond acceptors (Lipinski definition) is 15. The summed E-state index contributed by atoms with van der Waals surface area (Å²) in [5.74, 6) is -7.74. The first kappa shape index (κ1) is 79.0. The molecule has 1 fully saturated rings. The van der Waals surface area contributed by atoms with Gasteiger partial charge in [0, 0.05) is 78.6 Å². The number of imide groups is 1. The van der Waals surface area contributed by atoms with Gasteiger partial charge >= 0.3 is 18.1 Å². The number of nitrogens with zero attached hydrogens (tertiary/aromatic N) is 4. The quantitative estimate of drug-likeness (QED) is 0.0333. The number of nitrogens with two attached hydrogens (primary N) is 1. The monoisotopic (exact) mass is 1330 g/mol. The van der Waals surface area contributed by atoms with E-state index in [1.165, 1.54) is 38.3 Å². The summed E-state index contributed by atoms with van der Waals surface area (Å²) in [4.78, 5) is 165. The van der Waals surface area contributed by atoms with Crippen LogP contribution in [0.25, 0.3) is 0 Å². The second-order valence-electron chi connectivity index (χ2n) is 25.7. The fourth-order valence-corrected chi connectivity index (χ4v) is 12.0. The lowest BCUT2D eigenvalue weighted by Crippen LogP contribution is -2.60. The van der Waals surface area contributed by atoms with E-state index in [4.69, 9.17) is 19.9 Å². The number of nitrogens with one attached hydrogen (secondary N) is 6. The van der Waals surface area contributed by atoms with Gasteiger partial charge in [0.25, 0.3) is 11.8 Å². The molecule has 0 radical (unpaired) electrons. The summed E-state index contributed by atoms with van der Waals surface area (Å²) < 4.78 is 17.7. The summed E-state index contributed by atoms with van der Waals surface area (Å²) in [6.45, 7) is 16.6. The summed E-state index contributed by atoms with van der Waals surface area (Å²) in [7, 11) is 5.96. The molecule has 11 atom stereocenters. The van der Waals surface area contributed by atoms with E-state index in [9.17, 15) is 62.6 Å². The van der Waals surface area contributed by atoms with E-state index >= 15 is 0 Å². The third kappa shape index (κ3) is 23.8. The molecule has 4 rings (SSSR count). The molecule has 2 aromatic rings. The van der Waals surface area contributed by atoms with Crippen molar-refractivity contribution >= 4 is 76.9 Å². The number of likely N-dealkylation sites (N-methyl/N-ethyl adjacent to an activating group) is 2. The molecule has 0 spiro atoms. The van der Waals surface area contributed by atoms with Gasteiger partial charge in [0.15, 0.2) is 0 Å². The van der Waals surface area contributed by atoms with Crippen molar-refractivity contribution in [3.05, 3.63) is 77.9 Å². The maximum atomic E-state index is 14.8. The summed E-state index contributed by atoms with van der Waals surface area (Å²) in [5.41, 5.74) is 6.83. The number of carboxylic acid groups (broad SMARTS) is 1.